The van der Waals surface area contributed by atoms with Gasteiger partial charge in [0.15, 0.2) is 5.75 Å². The number of hydrogen-bond acceptors (Lipinski definition) is 2. The van der Waals surface area contributed by atoms with E-state index in [1.165, 1.54) is 11.8 Å². The molecule has 0 saturated heterocycles. The number of fused-ring (bicyclic) bond motifs is 2. The molecular formula is C12H3Cl5OS. The van der Waals surface area contributed by atoms with Gasteiger partial charge in [-0.15, -0.1) is 0 Å². The van der Waals surface area contributed by atoms with Crippen LogP contribution in [0, 0.1) is 0 Å². The van der Waals surface area contributed by atoms with Crippen molar-refractivity contribution in [3.63, 3.8) is 0 Å². The minimum atomic E-state index is 0.307. The first kappa shape index (κ1) is 14.0. The molecule has 98 valence electrons. The highest BCUT2D eigenvalue weighted by molar-refractivity contribution is 7.99. The van der Waals surface area contributed by atoms with Gasteiger partial charge >= 0.3 is 0 Å². The summed E-state index contributed by atoms with van der Waals surface area (Å²) in [5, 5.41) is 1.79. The van der Waals surface area contributed by atoms with Crippen molar-refractivity contribution in [2.75, 3.05) is 0 Å². The summed E-state index contributed by atoms with van der Waals surface area (Å²) in [4.78, 5) is 1.53. The fraction of sp³-hybridized carbons (Fsp3) is 0. The summed E-state index contributed by atoms with van der Waals surface area (Å²) in [7, 11) is 0. The summed E-state index contributed by atoms with van der Waals surface area (Å²) in [6, 6.07) is 5.13. The third kappa shape index (κ3) is 2.29. The highest BCUT2D eigenvalue weighted by atomic mass is 35.5. The van der Waals surface area contributed by atoms with Crippen LogP contribution in [0.4, 0.5) is 0 Å². The Bertz CT molecular complexity index is 701. The zero-order valence-corrected chi connectivity index (χ0v) is 13.5. The van der Waals surface area contributed by atoms with Gasteiger partial charge in [0.25, 0.3) is 0 Å². The van der Waals surface area contributed by atoms with Gasteiger partial charge < -0.3 is 4.74 Å². The van der Waals surface area contributed by atoms with E-state index in [1.807, 2.05) is 6.07 Å². The smallest absolute Gasteiger partial charge is 0.161 e. The topological polar surface area (TPSA) is 9.23 Å². The highest BCUT2D eigenvalue weighted by Gasteiger charge is 2.26. The Morgan fingerprint density at radius 2 is 1.58 bits per heavy atom. The van der Waals surface area contributed by atoms with E-state index in [2.05, 4.69) is 0 Å². The van der Waals surface area contributed by atoms with Crippen LogP contribution in [0.5, 0.6) is 11.5 Å². The van der Waals surface area contributed by atoms with Crippen LogP contribution in [-0.4, -0.2) is 0 Å². The zero-order valence-electron chi connectivity index (χ0n) is 8.94. The summed E-state index contributed by atoms with van der Waals surface area (Å²) in [5.74, 6) is 1.02. The molecule has 0 saturated carbocycles. The molecule has 0 fully saturated rings. The molecule has 0 bridgehead atoms. The molecular weight excluding hydrogens is 369 g/mol. The van der Waals surface area contributed by atoms with E-state index in [1.54, 1.807) is 12.1 Å². The lowest BCUT2D eigenvalue weighted by Crippen LogP contribution is -1.97. The average molecular weight is 372 g/mol. The van der Waals surface area contributed by atoms with Gasteiger partial charge in [-0.2, -0.15) is 0 Å². The molecule has 0 N–H and O–H groups in total. The molecule has 0 spiro atoms. The van der Waals surface area contributed by atoms with E-state index in [4.69, 9.17) is 62.7 Å². The molecule has 19 heavy (non-hydrogen) atoms. The number of halogens is 5. The lowest BCUT2D eigenvalue weighted by Gasteiger charge is -2.22. The molecule has 2 aromatic carbocycles. The fourth-order valence-corrected chi connectivity index (χ4v) is 3.79. The third-order valence-electron chi connectivity index (χ3n) is 2.52. The lowest BCUT2D eigenvalue weighted by molar-refractivity contribution is 0.455. The molecule has 3 rings (SSSR count). The van der Waals surface area contributed by atoms with Gasteiger partial charge in [0.05, 0.1) is 29.9 Å². The SMILES string of the molecule is Clc1cc2c(c(Cl)c1Cl)Sc1ccc(Cl)c(Cl)c1O2. The Morgan fingerprint density at radius 1 is 0.842 bits per heavy atom. The van der Waals surface area contributed by atoms with E-state index >= 15 is 0 Å². The Kier molecular flexibility index (Phi) is 3.76. The second-order valence-corrected chi connectivity index (χ2v) is 6.71. The number of benzene rings is 2. The van der Waals surface area contributed by atoms with Crippen molar-refractivity contribution in [2.24, 2.45) is 0 Å². The Hall–Kier alpha value is 0.0400. The fourth-order valence-electron chi connectivity index (χ4n) is 1.64. The molecule has 0 amide bonds. The van der Waals surface area contributed by atoms with Crippen LogP contribution in [0.15, 0.2) is 28.0 Å². The molecule has 0 radical (unpaired) electrons. The zero-order chi connectivity index (χ0) is 13.7. The van der Waals surface area contributed by atoms with E-state index in [0.717, 1.165) is 4.90 Å². The monoisotopic (exact) mass is 370 g/mol. The molecule has 0 aliphatic carbocycles. The van der Waals surface area contributed by atoms with Crippen LogP contribution in [0.2, 0.25) is 25.1 Å². The van der Waals surface area contributed by atoms with Crippen molar-refractivity contribution < 1.29 is 4.74 Å². The molecule has 2 aromatic rings. The highest BCUT2D eigenvalue weighted by Crippen LogP contribution is 2.55. The van der Waals surface area contributed by atoms with Crippen molar-refractivity contribution in [1.82, 2.24) is 0 Å². The number of ether oxygens (including phenoxy) is 1. The molecule has 7 heteroatoms. The molecule has 0 unspecified atom stereocenters. The predicted octanol–water partition coefficient (Wildman–Crippen LogP) is 7.21. The molecule has 0 atom stereocenters. The first-order chi connectivity index (χ1) is 8.99. The molecule has 1 aliphatic heterocycles. The minimum Gasteiger partial charge on any atom is -0.453 e. The number of rotatable bonds is 0. The summed E-state index contributed by atoms with van der Waals surface area (Å²) >= 11 is 31.7. The van der Waals surface area contributed by atoms with Crippen LogP contribution in [0.1, 0.15) is 0 Å². The maximum Gasteiger partial charge on any atom is 0.161 e. The Morgan fingerprint density at radius 3 is 2.32 bits per heavy atom. The first-order valence-corrected chi connectivity index (χ1v) is 7.71. The van der Waals surface area contributed by atoms with E-state index in [0.29, 0.717) is 41.5 Å². The second-order valence-electron chi connectivity index (χ2n) is 3.71. The second kappa shape index (κ2) is 5.10. The maximum atomic E-state index is 6.18. The number of hydrogen-bond donors (Lipinski definition) is 0. The van der Waals surface area contributed by atoms with Crippen molar-refractivity contribution in [1.29, 1.82) is 0 Å². The van der Waals surface area contributed by atoms with Crippen LogP contribution in [0.3, 0.4) is 0 Å². The Labute approximate surface area is 138 Å². The van der Waals surface area contributed by atoms with E-state index in [-0.39, 0.29) is 0 Å². The van der Waals surface area contributed by atoms with Crippen LogP contribution in [0.25, 0.3) is 0 Å². The maximum absolute atomic E-state index is 6.18. The van der Waals surface area contributed by atoms with Crippen molar-refractivity contribution >= 4 is 69.8 Å². The summed E-state index contributed by atoms with van der Waals surface area (Å²) in [5.41, 5.74) is 0. The Balaban J connectivity index is 2.20. The van der Waals surface area contributed by atoms with Crippen LogP contribution in [-0.2, 0) is 0 Å². The average Bonchev–Trinajstić information content (AvgIpc) is 2.40. The largest absolute Gasteiger partial charge is 0.453 e. The minimum absolute atomic E-state index is 0.307. The van der Waals surface area contributed by atoms with E-state index in [9.17, 15) is 0 Å². The van der Waals surface area contributed by atoms with E-state index < -0.39 is 0 Å². The van der Waals surface area contributed by atoms with Gasteiger partial charge in [-0.1, -0.05) is 69.8 Å². The summed E-state index contributed by atoms with van der Waals surface area (Å²) < 4.78 is 5.74. The van der Waals surface area contributed by atoms with Gasteiger partial charge in [0, 0.05) is 6.07 Å². The van der Waals surface area contributed by atoms with Crippen molar-refractivity contribution in [2.45, 2.75) is 9.79 Å². The first-order valence-electron chi connectivity index (χ1n) is 5.00. The van der Waals surface area contributed by atoms with Crippen LogP contribution < -0.4 is 4.74 Å². The molecule has 0 aromatic heterocycles. The van der Waals surface area contributed by atoms with Gasteiger partial charge in [-0.3, -0.25) is 0 Å². The summed E-state index contributed by atoms with van der Waals surface area (Å²) in [6.07, 6.45) is 0. The third-order valence-corrected chi connectivity index (χ3v) is 5.83. The molecule has 1 aliphatic rings. The van der Waals surface area contributed by atoms with Crippen LogP contribution >= 0.6 is 69.8 Å². The predicted molar refractivity (Wildman–Crippen MR) is 82.1 cm³/mol. The van der Waals surface area contributed by atoms with Gasteiger partial charge in [-0.05, 0) is 12.1 Å². The standard InChI is InChI=1S/C12H3Cl5OS/c13-4-1-2-7-11(9(4)16)18-6-3-5(14)8(15)10(17)12(6)19-7/h1-3H. The van der Waals surface area contributed by atoms with Gasteiger partial charge in [-0.25, -0.2) is 0 Å². The molecule has 1 nitrogen and oxygen atoms in total. The van der Waals surface area contributed by atoms with Crippen molar-refractivity contribution in [3.8, 4) is 11.5 Å². The normalized spacial score (nSPS) is 12.7. The quantitative estimate of drug-likeness (QED) is 0.386. The van der Waals surface area contributed by atoms with Gasteiger partial charge in [0.2, 0.25) is 0 Å². The lowest BCUT2D eigenvalue weighted by atomic mass is 10.3. The summed E-state index contributed by atoms with van der Waals surface area (Å²) in [6.45, 7) is 0. The molecule has 1 heterocycles. The van der Waals surface area contributed by atoms with Crippen molar-refractivity contribution in [3.05, 3.63) is 43.3 Å². The van der Waals surface area contributed by atoms with Gasteiger partial charge in [0.1, 0.15) is 10.8 Å².